The number of benzene rings is 2. The SMILES string of the molecule is O=C(COc1cc(Cl)ccc1Cl)N1CCN(C(=O)Nc2ccccc2)CC1. The molecule has 1 aliphatic rings. The van der Waals surface area contributed by atoms with Crippen LogP contribution in [0.1, 0.15) is 0 Å². The first-order chi connectivity index (χ1) is 13.0. The van der Waals surface area contributed by atoms with Crippen LogP contribution < -0.4 is 10.1 Å². The van der Waals surface area contributed by atoms with Crippen LogP contribution in [0.4, 0.5) is 10.5 Å². The van der Waals surface area contributed by atoms with Crippen molar-refractivity contribution in [3.8, 4) is 5.75 Å². The topological polar surface area (TPSA) is 61.9 Å². The molecular weight excluding hydrogens is 389 g/mol. The Morgan fingerprint density at radius 2 is 1.63 bits per heavy atom. The molecule has 3 rings (SSSR count). The van der Waals surface area contributed by atoms with E-state index in [-0.39, 0.29) is 18.5 Å². The molecule has 0 unspecified atom stereocenters. The summed E-state index contributed by atoms with van der Waals surface area (Å²) in [6.07, 6.45) is 0. The molecular formula is C19H19Cl2N3O3. The molecule has 0 aromatic heterocycles. The van der Waals surface area contributed by atoms with E-state index in [1.165, 1.54) is 0 Å². The van der Waals surface area contributed by atoms with Gasteiger partial charge in [-0.15, -0.1) is 0 Å². The molecule has 0 spiro atoms. The number of rotatable bonds is 4. The fraction of sp³-hybridized carbons (Fsp3) is 0.263. The van der Waals surface area contributed by atoms with Gasteiger partial charge in [0.1, 0.15) is 5.75 Å². The molecule has 2 aromatic carbocycles. The van der Waals surface area contributed by atoms with Gasteiger partial charge in [-0.05, 0) is 24.3 Å². The molecule has 8 heteroatoms. The van der Waals surface area contributed by atoms with Gasteiger partial charge in [0.15, 0.2) is 6.61 Å². The lowest BCUT2D eigenvalue weighted by Gasteiger charge is -2.34. The maximum Gasteiger partial charge on any atom is 0.321 e. The zero-order chi connectivity index (χ0) is 19.2. The van der Waals surface area contributed by atoms with Crippen molar-refractivity contribution in [2.75, 3.05) is 38.1 Å². The molecule has 0 aliphatic carbocycles. The van der Waals surface area contributed by atoms with Crippen LogP contribution in [0.3, 0.4) is 0 Å². The van der Waals surface area contributed by atoms with Gasteiger partial charge in [0, 0.05) is 43.0 Å². The van der Waals surface area contributed by atoms with Gasteiger partial charge in [-0.1, -0.05) is 41.4 Å². The smallest absolute Gasteiger partial charge is 0.321 e. The maximum absolute atomic E-state index is 12.3. The van der Waals surface area contributed by atoms with Crippen LogP contribution in [0.2, 0.25) is 10.0 Å². The van der Waals surface area contributed by atoms with Crippen molar-refractivity contribution in [3.05, 3.63) is 58.6 Å². The molecule has 142 valence electrons. The number of halogens is 2. The second kappa shape index (κ2) is 8.97. The summed E-state index contributed by atoms with van der Waals surface area (Å²) in [6, 6.07) is 13.9. The predicted octanol–water partition coefficient (Wildman–Crippen LogP) is 3.75. The highest BCUT2D eigenvalue weighted by atomic mass is 35.5. The number of nitrogens with one attached hydrogen (secondary N) is 1. The zero-order valence-corrected chi connectivity index (χ0v) is 16.0. The van der Waals surface area contributed by atoms with E-state index in [1.807, 2.05) is 30.3 Å². The number of hydrogen-bond donors (Lipinski definition) is 1. The van der Waals surface area contributed by atoms with Gasteiger partial charge < -0.3 is 19.9 Å². The molecule has 0 bridgehead atoms. The lowest BCUT2D eigenvalue weighted by atomic mass is 10.3. The minimum absolute atomic E-state index is 0.129. The standard InChI is InChI=1S/C19H19Cl2N3O3/c20-14-6-7-16(21)17(12-14)27-13-18(25)23-8-10-24(11-9-23)19(26)22-15-4-2-1-3-5-15/h1-7,12H,8-11,13H2,(H,22,26). The van der Waals surface area contributed by atoms with Crippen LogP contribution in [0.25, 0.3) is 0 Å². The Morgan fingerprint density at radius 1 is 0.963 bits per heavy atom. The number of piperazine rings is 1. The fourth-order valence-electron chi connectivity index (χ4n) is 2.70. The van der Waals surface area contributed by atoms with Crippen molar-refractivity contribution in [3.63, 3.8) is 0 Å². The summed E-state index contributed by atoms with van der Waals surface area (Å²) in [5, 5.41) is 3.73. The van der Waals surface area contributed by atoms with E-state index in [0.29, 0.717) is 42.0 Å². The fourth-order valence-corrected chi connectivity index (χ4v) is 3.04. The lowest BCUT2D eigenvalue weighted by Crippen LogP contribution is -2.52. The highest BCUT2D eigenvalue weighted by Gasteiger charge is 2.24. The van der Waals surface area contributed by atoms with Crippen molar-refractivity contribution in [2.24, 2.45) is 0 Å². The first-order valence-corrected chi connectivity index (χ1v) is 9.25. The molecule has 2 aromatic rings. The third-order valence-corrected chi connectivity index (χ3v) is 4.74. The number of carbonyl (C=O) groups is 2. The molecule has 1 saturated heterocycles. The second-order valence-corrected chi connectivity index (χ2v) is 6.87. The van der Waals surface area contributed by atoms with E-state index < -0.39 is 0 Å². The summed E-state index contributed by atoms with van der Waals surface area (Å²) in [6.45, 7) is 1.70. The van der Waals surface area contributed by atoms with Crippen molar-refractivity contribution in [1.29, 1.82) is 0 Å². The number of hydrogen-bond acceptors (Lipinski definition) is 3. The summed E-state index contributed by atoms with van der Waals surface area (Å²) in [7, 11) is 0. The first kappa shape index (κ1) is 19.3. The highest BCUT2D eigenvalue weighted by molar-refractivity contribution is 6.34. The van der Waals surface area contributed by atoms with Gasteiger partial charge in [0.25, 0.3) is 5.91 Å². The van der Waals surface area contributed by atoms with Crippen LogP contribution in [0.15, 0.2) is 48.5 Å². The monoisotopic (exact) mass is 407 g/mol. The summed E-state index contributed by atoms with van der Waals surface area (Å²) >= 11 is 11.9. The van der Waals surface area contributed by atoms with Crippen LogP contribution in [-0.2, 0) is 4.79 Å². The van der Waals surface area contributed by atoms with Gasteiger partial charge in [-0.2, -0.15) is 0 Å². The average Bonchev–Trinajstić information content (AvgIpc) is 2.69. The van der Waals surface area contributed by atoms with E-state index in [1.54, 1.807) is 28.0 Å². The minimum Gasteiger partial charge on any atom is -0.482 e. The van der Waals surface area contributed by atoms with Gasteiger partial charge in [-0.3, -0.25) is 4.79 Å². The predicted molar refractivity (Wildman–Crippen MR) is 106 cm³/mol. The number of urea groups is 1. The van der Waals surface area contributed by atoms with Gasteiger partial charge in [0.05, 0.1) is 5.02 Å². The van der Waals surface area contributed by atoms with Gasteiger partial charge >= 0.3 is 6.03 Å². The molecule has 1 heterocycles. The first-order valence-electron chi connectivity index (χ1n) is 8.49. The van der Waals surface area contributed by atoms with Crippen molar-refractivity contribution in [1.82, 2.24) is 9.80 Å². The van der Waals surface area contributed by atoms with E-state index in [2.05, 4.69) is 5.32 Å². The maximum atomic E-state index is 12.3. The molecule has 27 heavy (non-hydrogen) atoms. The van der Waals surface area contributed by atoms with Crippen LogP contribution in [0, 0.1) is 0 Å². The van der Waals surface area contributed by atoms with E-state index in [0.717, 1.165) is 5.69 Å². The van der Waals surface area contributed by atoms with Crippen molar-refractivity contribution < 1.29 is 14.3 Å². The Hall–Kier alpha value is -2.44. The Morgan fingerprint density at radius 3 is 2.33 bits per heavy atom. The van der Waals surface area contributed by atoms with E-state index >= 15 is 0 Å². The lowest BCUT2D eigenvalue weighted by molar-refractivity contribution is -0.134. The molecule has 3 amide bonds. The van der Waals surface area contributed by atoms with Crippen molar-refractivity contribution >= 4 is 40.8 Å². The molecule has 0 atom stereocenters. The van der Waals surface area contributed by atoms with E-state index in [4.69, 9.17) is 27.9 Å². The Labute approximate surface area is 167 Å². The van der Waals surface area contributed by atoms with E-state index in [9.17, 15) is 9.59 Å². The molecule has 1 N–H and O–H groups in total. The molecule has 1 fully saturated rings. The molecule has 6 nitrogen and oxygen atoms in total. The normalized spacial score (nSPS) is 14.0. The Balaban J connectivity index is 1.46. The van der Waals surface area contributed by atoms with Gasteiger partial charge in [-0.25, -0.2) is 4.79 Å². The van der Waals surface area contributed by atoms with Crippen molar-refractivity contribution in [2.45, 2.75) is 0 Å². The average molecular weight is 408 g/mol. The molecule has 0 radical (unpaired) electrons. The number of anilines is 1. The van der Waals surface area contributed by atoms with Crippen LogP contribution in [-0.4, -0.2) is 54.5 Å². The van der Waals surface area contributed by atoms with Gasteiger partial charge in [0.2, 0.25) is 0 Å². The largest absolute Gasteiger partial charge is 0.482 e. The summed E-state index contributed by atoms with van der Waals surface area (Å²) in [4.78, 5) is 28.0. The summed E-state index contributed by atoms with van der Waals surface area (Å²) < 4.78 is 5.49. The van der Waals surface area contributed by atoms with Crippen LogP contribution in [0.5, 0.6) is 5.75 Å². The van der Waals surface area contributed by atoms with Crippen LogP contribution >= 0.6 is 23.2 Å². The third-order valence-electron chi connectivity index (χ3n) is 4.19. The number of ether oxygens (including phenoxy) is 1. The number of carbonyl (C=O) groups excluding carboxylic acids is 2. The Kier molecular flexibility index (Phi) is 6.42. The summed E-state index contributed by atoms with van der Waals surface area (Å²) in [5.74, 6) is 0.215. The molecule has 1 aliphatic heterocycles. The number of para-hydroxylation sites is 1. The Bertz CT molecular complexity index is 809. The second-order valence-electron chi connectivity index (χ2n) is 6.03. The third kappa shape index (κ3) is 5.28. The number of amides is 3. The zero-order valence-electron chi connectivity index (χ0n) is 14.5. The summed E-state index contributed by atoms with van der Waals surface area (Å²) in [5.41, 5.74) is 0.743. The minimum atomic E-state index is -0.171. The molecule has 0 saturated carbocycles. The number of nitrogens with zero attached hydrogens (tertiary/aromatic N) is 2. The highest BCUT2D eigenvalue weighted by Crippen LogP contribution is 2.27. The quantitative estimate of drug-likeness (QED) is 0.839.